The number of aromatic amines is 1. The summed E-state index contributed by atoms with van der Waals surface area (Å²) < 4.78 is 2.64. The van der Waals surface area contributed by atoms with E-state index < -0.39 is 0 Å². The zero-order chi connectivity index (χ0) is 19.7. The van der Waals surface area contributed by atoms with Gasteiger partial charge in [0.25, 0.3) is 5.91 Å². The molecular weight excluding hydrogens is 396 g/mol. The summed E-state index contributed by atoms with van der Waals surface area (Å²) in [6.07, 6.45) is 2.30. The van der Waals surface area contributed by atoms with Crippen LogP contribution in [0.3, 0.4) is 0 Å². The lowest BCUT2D eigenvalue weighted by Gasteiger charge is -2.07. The number of benzene rings is 2. The lowest BCUT2D eigenvalue weighted by atomic mass is 10.2. The number of H-pyrrole nitrogens is 1. The molecule has 2 aromatic heterocycles. The Kier molecular flexibility index (Phi) is 5.02. The van der Waals surface area contributed by atoms with E-state index in [4.69, 9.17) is 11.6 Å². The molecule has 0 unspecified atom stereocenters. The molecular formula is C20H17ClN4O2S. The van der Waals surface area contributed by atoms with Gasteiger partial charge in [-0.25, -0.2) is 9.78 Å². The van der Waals surface area contributed by atoms with Crippen LogP contribution >= 0.6 is 22.9 Å². The number of thiazole rings is 1. The van der Waals surface area contributed by atoms with Gasteiger partial charge in [0.05, 0.1) is 20.9 Å². The van der Waals surface area contributed by atoms with Crippen LogP contribution in [0, 0.1) is 6.92 Å². The second-order valence-corrected chi connectivity index (χ2v) is 7.89. The molecule has 0 fully saturated rings. The molecule has 4 aromatic rings. The number of nitrogens with one attached hydrogen (secondary N) is 2. The summed E-state index contributed by atoms with van der Waals surface area (Å²) >= 11 is 7.59. The lowest BCUT2D eigenvalue weighted by molar-refractivity contribution is 0.0954. The summed E-state index contributed by atoms with van der Waals surface area (Å²) in [5, 5.41) is 4.53. The van der Waals surface area contributed by atoms with Crippen molar-refractivity contribution in [3.05, 3.63) is 80.4 Å². The molecule has 4 rings (SSSR count). The summed E-state index contributed by atoms with van der Waals surface area (Å²) in [7, 11) is 0. The Morgan fingerprint density at radius 2 is 2.04 bits per heavy atom. The minimum atomic E-state index is -0.202. The molecule has 142 valence electrons. The first-order valence-corrected chi connectivity index (χ1v) is 9.91. The van der Waals surface area contributed by atoms with Gasteiger partial charge in [0.15, 0.2) is 0 Å². The fourth-order valence-corrected chi connectivity index (χ4v) is 4.09. The predicted molar refractivity (Wildman–Crippen MR) is 112 cm³/mol. The summed E-state index contributed by atoms with van der Waals surface area (Å²) in [6, 6.07) is 12.6. The third-order valence-corrected chi connectivity index (χ3v) is 5.70. The minimum Gasteiger partial charge on any atom is -0.352 e. The highest BCUT2D eigenvalue weighted by Gasteiger charge is 2.09. The van der Waals surface area contributed by atoms with Crippen LogP contribution in [0.5, 0.6) is 0 Å². The molecule has 0 atom stereocenters. The standard InChI is InChI=1S/C20H17ClN4O2S/c1-12-11-23-20(27)25(12)15-5-2-13(3-6-15)19(26)22-9-8-18-24-16-10-14(21)4-7-17(16)28-18/h2-7,10-11H,8-9H2,1H3,(H,22,26)(H,23,27). The number of aromatic nitrogens is 3. The quantitative estimate of drug-likeness (QED) is 0.524. The lowest BCUT2D eigenvalue weighted by Crippen LogP contribution is -2.25. The number of hydrogen-bond acceptors (Lipinski definition) is 4. The van der Waals surface area contributed by atoms with Gasteiger partial charge in [-0.2, -0.15) is 0 Å². The van der Waals surface area contributed by atoms with E-state index in [2.05, 4.69) is 15.3 Å². The Balaban J connectivity index is 1.39. The molecule has 0 saturated carbocycles. The van der Waals surface area contributed by atoms with Crippen LogP contribution in [0.25, 0.3) is 15.9 Å². The molecule has 2 N–H and O–H groups in total. The first kappa shape index (κ1) is 18.5. The molecule has 0 saturated heterocycles. The van der Waals surface area contributed by atoms with Gasteiger partial charge in [-0.3, -0.25) is 9.36 Å². The number of rotatable bonds is 5. The number of amides is 1. The smallest absolute Gasteiger partial charge is 0.330 e. The van der Waals surface area contributed by atoms with Crippen LogP contribution in [0.4, 0.5) is 0 Å². The van der Waals surface area contributed by atoms with Crippen molar-refractivity contribution in [2.24, 2.45) is 0 Å². The molecule has 0 spiro atoms. The van der Waals surface area contributed by atoms with Crippen molar-refractivity contribution in [2.75, 3.05) is 6.54 Å². The number of carbonyl (C=O) groups is 1. The molecule has 6 nitrogen and oxygen atoms in total. The van der Waals surface area contributed by atoms with Crippen molar-refractivity contribution in [2.45, 2.75) is 13.3 Å². The van der Waals surface area contributed by atoms with E-state index in [1.807, 2.05) is 25.1 Å². The van der Waals surface area contributed by atoms with Gasteiger partial charge < -0.3 is 10.3 Å². The molecule has 28 heavy (non-hydrogen) atoms. The van der Waals surface area contributed by atoms with Gasteiger partial charge in [0.2, 0.25) is 0 Å². The Labute approximate surface area is 169 Å². The second-order valence-electron chi connectivity index (χ2n) is 6.34. The fraction of sp³-hybridized carbons (Fsp3) is 0.150. The number of hydrogen-bond donors (Lipinski definition) is 2. The zero-order valence-electron chi connectivity index (χ0n) is 15.0. The van der Waals surface area contributed by atoms with Crippen LogP contribution in [-0.2, 0) is 6.42 Å². The normalized spacial score (nSPS) is 11.1. The molecule has 0 aliphatic heterocycles. The van der Waals surface area contributed by atoms with E-state index in [1.165, 1.54) is 0 Å². The fourth-order valence-electron chi connectivity index (χ4n) is 2.98. The SMILES string of the molecule is Cc1c[nH]c(=O)n1-c1ccc(C(=O)NCCc2nc3cc(Cl)ccc3s2)cc1. The van der Waals surface area contributed by atoms with Gasteiger partial charge in [0, 0.05) is 35.4 Å². The van der Waals surface area contributed by atoms with Gasteiger partial charge in [-0.1, -0.05) is 11.6 Å². The first-order valence-electron chi connectivity index (χ1n) is 8.72. The molecule has 0 bridgehead atoms. The van der Waals surface area contributed by atoms with Crippen LogP contribution < -0.4 is 11.0 Å². The largest absolute Gasteiger partial charge is 0.352 e. The van der Waals surface area contributed by atoms with Crippen molar-refractivity contribution < 1.29 is 4.79 Å². The van der Waals surface area contributed by atoms with E-state index in [0.29, 0.717) is 29.2 Å². The van der Waals surface area contributed by atoms with Crippen LogP contribution in [0.15, 0.2) is 53.5 Å². The van der Waals surface area contributed by atoms with E-state index >= 15 is 0 Å². The van der Waals surface area contributed by atoms with E-state index in [0.717, 1.165) is 20.9 Å². The Bertz CT molecular complexity index is 1210. The number of imidazole rings is 1. The summed E-state index contributed by atoms with van der Waals surface area (Å²) in [5.41, 5.74) is 2.74. The van der Waals surface area contributed by atoms with Crippen molar-refractivity contribution in [1.29, 1.82) is 0 Å². The number of carbonyl (C=O) groups excluding carboxylic acids is 1. The third kappa shape index (κ3) is 3.72. The number of aryl methyl sites for hydroxylation is 1. The molecule has 0 aliphatic rings. The number of halogens is 1. The van der Waals surface area contributed by atoms with Crippen molar-refractivity contribution >= 4 is 39.1 Å². The highest BCUT2D eigenvalue weighted by Crippen LogP contribution is 2.25. The summed E-state index contributed by atoms with van der Waals surface area (Å²) in [5.74, 6) is -0.158. The highest BCUT2D eigenvalue weighted by molar-refractivity contribution is 7.18. The first-order chi connectivity index (χ1) is 13.5. The number of nitrogens with zero attached hydrogens (tertiary/aromatic N) is 2. The van der Waals surface area contributed by atoms with Crippen LogP contribution in [0.1, 0.15) is 21.1 Å². The topological polar surface area (TPSA) is 79.8 Å². The molecule has 0 aliphatic carbocycles. The van der Waals surface area contributed by atoms with E-state index in [9.17, 15) is 9.59 Å². The molecule has 8 heteroatoms. The summed E-state index contributed by atoms with van der Waals surface area (Å²) in [4.78, 5) is 31.4. The molecule has 0 radical (unpaired) electrons. The van der Waals surface area contributed by atoms with Crippen LogP contribution in [0.2, 0.25) is 5.02 Å². The summed E-state index contributed by atoms with van der Waals surface area (Å²) in [6.45, 7) is 2.33. The maximum absolute atomic E-state index is 12.4. The van der Waals surface area contributed by atoms with Crippen molar-refractivity contribution in [3.8, 4) is 5.69 Å². The van der Waals surface area contributed by atoms with E-state index in [1.54, 1.807) is 46.4 Å². The zero-order valence-corrected chi connectivity index (χ0v) is 16.6. The Morgan fingerprint density at radius 1 is 1.25 bits per heavy atom. The Hall–Kier alpha value is -2.90. The van der Waals surface area contributed by atoms with Crippen LogP contribution in [-0.4, -0.2) is 27.0 Å². The van der Waals surface area contributed by atoms with Crippen molar-refractivity contribution in [3.63, 3.8) is 0 Å². The van der Waals surface area contributed by atoms with Gasteiger partial charge >= 0.3 is 5.69 Å². The maximum Gasteiger partial charge on any atom is 0.330 e. The average Bonchev–Trinajstić information content (AvgIpc) is 3.23. The van der Waals surface area contributed by atoms with Crippen molar-refractivity contribution in [1.82, 2.24) is 19.9 Å². The molecule has 2 aromatic carbocycles. The van der Waals surface area contributed by atoms with Gasteiger partial charge in [0.1, 0.15) is 0 Å². The molecule has 2 heterocycles. The number of fused-ring (bicyclic) bond motifs is 1. The minimum absolute atomic E-state index is 0.158. The highest BCUT2D eigenvalue weighted by atomic mass is 35.5. The van der Waals surface area contributed by atoms with E-state index in [-0.39, 0.29) is 11.6 Å². The van der Waals surface area contributed by atoms with Gasteiger partial charge in [-0.15, -0.1) is 11.3 Å². The third-order valence-electron chi connectivity index (χ3n) is 4.37. The second kappa shape index (κ2) is 7.61. The maximum atomic E-state index is 12.4. The monoisotopic (exact) mass is 412 g/mol. The molecule has 1 amide bonds. The predicted octanol–water partition coefficient (Wildman–Crippen LogP) is 3.71. The average molecular weight is 413 g/mol. The Morgan fingerprint density at radius 3 is 2.75 bits per heavy atom. The van der Waals surface area contributed by atoms with Gasteiger partial charge in [-0.05, 0) is 49.4 Å².